The number of carbonyl (C=O) groups is 4. The topological polar surface area (TPSA) is 185 Å². The second-order valence-electron chi connectivity index (χ2n) is 15.4. The summed E-state index contributed by atoms with van der Waals surface area (Å²) in [5.74, 6) is -0.708. The summed E-state index contributed by atoms with van der Waals surface area (Å²) >= 11 is 3.66. The van der Waals surface area contributed by atoms with Gasteiger partial charge in [0.25, 0.3) is 0 Å². The van der Waals surface area contributed by atoms with Gasteiger partial charge in [-0.2, -0.15) is 0 Å². The zero-order chi connectivity index (χ0) is 42.2. The zero-order valence-corrected chi connectivity index (χ0v) is 35.7. The van der Waals surface area contributed by atoms with Crippen LogP contribution in [0.5, 0.6) is 5.75 Å². The van der Waals surface area contributed by atoms with Crippen LogP contribution in [0, 0.1) is 23.7 Å². The van der Waals surface area contributed by atoms with E-state index in [0.717, 1.165) is 43.4 Å². The molecule has 2 aliphatic heterocycles. The Morgan fingerprint density at radius 1 is 0.793 bits per heavy atom. The molecule has 1 aromatic heterocycles. The van der Waals surface area contributed by atoms with E-state index in [0.29, 0.717) is 31.7 Å². The molecule has 10 atom stereocenters. The molecule has 2 aliphatic rings. The summed E-state index contributed by atoms with van der Waals surface area (Å²) in [7, 11) is 0. The Morgan fingerprint density at radius 2 is 1.48 bits per heavy atom. The first-order valence-corrected chi connectivity index (χ1v) is 20.8. The fourth-order valence-electron chi connectivity index (χ4n) is 7.53. The number of carbonyl (C=O) groups excluding carboxylic acids is 4. The highest BCUT2D eigenvalue weighted by molar-refractivity contribution is 7.77. The van der Waals surface area contributed by atoms with Gasteiger partial charge in [-0.1, -0.05) is 82.0 Å². The van der Waals surface area contributed by atoms with E-state index < -0.39 is 48.6 Å². The van der Waals surface area contributed by atoms with E-state index in [9.17, 15) is 19.2 Å². The van der Waals surface area contributed by atoms with Crippen molar-refractivity contribution in [3.8, 4) is 17.0 Å². The predicted molar refractivity (Wildman–Crippen MR) is 214 cm³/mol. The van der Waals surface area contributed by atoms with Gasteiger partial charge in [-0.05, 0) is 43.7 Å². The summed E-state index contributed by atoms with van der Waals surface area (Å²) in [6.07, 6.45) is 5.44. The van der Waals surface area contributed by atoms with Crippen molar-refractivity contribution in [3.63, 3.8) is 0 Å². The highest BCUT2D eigenvalue weighted by Crippen LogP contribution is 2.36. The van der Waals surface area contributed by atoms with Gasteiger partial charge in [-0.25, -0.2) is 4.68 Å². The van der Waals surface area contributed by atoms with Gasteiger partial charge in [0.1, 0.15) is 42.5 Å². The van der Waals surface area contributed by atoms with Crippen LogP contribution >= 0.6 is 12.8 Å². The second kappa shape index (κ2) is 23.7. The molecule has 0 bridgehead atoms. The molecule has 2 fully saturated rings. The number of aromatic nitrogens is 3. The first-order chi connectivity index (χ1) is 27.8. The van der Waals surface area contributed by atoms with E-state index in [2.05, 4.69) is 46.7 Å². The Morgan fingerprint density at radius 3 is 2.19 bits per heavy atom. The van der Waals surface area contributed by atoms with Crippen LogP contribution in [0.1, 0.15) is 99.8 Å². The van der Waals surface area contributed by atoms with Crippen LogP contribution in [-0.4, -0.2) is 95.5 Å². The average molecular weight is 835 g/mol. The van der Waals surface area contributed by atoms with Crippen molar-refractivity contribution in [1.82, 2.24) is 19.9 Å². The van der Waals surface area contributed by atoms with Crippen molar-refractivity contribution in [2.45, 2.75) is 143 Å². The van der Waals surface area contributed by atoms with Gasteiger partial charge in [0.15, 0.2) is 6.29 Å². The molecule has 58 heavy (non-hydrogen) atoms. The maximum absolute atomic E-state index is 12.1. The second-order valence-corrected chi connectivity index (χ2v) is 15.6. The van der Waals surface area contributed by atoms with Crippen LogP contribution in [0.15, 0.2) is 30.5 Å². The molecule has 0 aliphatic carbocycles. The Bertz CT molecular complexity index is 1610. The van der Waals surface area contributed by atoms with Gasteiger partial charge in [-0.3, -0.25) is 19.2 Å². The lowest BCUT2D eigenvalue weighted by Gasteiger charge is -2.44. The lowest BCUT2D eigenvalue weighted by Crippen LogP contribution is -2.53. The van der Waals surface area contributed by atoms with Crippen LogP contribution in [0.3, 0.4) is 0 Å². The van der Waals surface area contributed by atoms with Crippen molar-refractivity contribution in [3.05, 3.63) is 30.5 Å². The fourth-order valence-corrected chi connectivity index (χ4v) is 7.63. The monoisotopic (exact) mass is 834 g/mol. The summed E-state index contributed by atoms with van der Waals surface area (Å²) in [6.45, 7) is 13.6. The summed E-state index contributed by atoms with van der Waals surface area (Å²) < 4.78 is 43.2. The molecule has 0 spiro atoms. The molecule has 4 rings (SSSR count). The van der Waals surface area contributed by atoms with Gasteiger partial charge < -0.3 is 38.0 Å². The number of hydrogen-bond donors (Lipinski definition) is 2. The molecule has 0 amide bonds. The largest absolute Gasteiger partial charge is 0.494 e. The molecule has 324 valence electrons. The van der Waals surface area contributed by atoms with Gasteiger partial charge in [-0.15, -0.1) is 5.10 Å². The third kappa shape index (κ3) is 14.5. The summed E-state index contributed by atoms with van der Waals surface area (Å²) in [5.41, 5.74) is 1.51. The van der Waals surface area contributed by atoms with E-state index in [1.807, 2.05) is 44.3 Å². The van der Waals surface area contributed by atoms with E-state index in [4.69, 9.17) is 33.2 Å². The van der Waals surface area contributed by atoms with E-state index in [-0.39, 0.29) is 55.3 Å². The van der Waals surface area contributed by atoms with Crippen LogP contribution in [0.25, 0.3) is 11.3 Å². The quantitative estimate of drug-likeness (QED) is 0.0475. The number of nitrogens with one attached hydrogen (secondary N) is 1. The summed E-state index contributed by atoms with van der Waals surface area (Å²) in [4.78, 5) is 53.5. The first kappa shape index (κ1) is 46.9. The lowest BCUT2D eigenvalue weighted by molar-refractivity contribution is -0.269. The normalized spacial score (nSPS) is 27.0. The molecule has 3 heterocycles. The van der Waals surface area contributed by atoms with Crippen molar-refractivity contribution in [2.24, 2.45) is 23.7 Å². The SMILES string of the molecule is CC(=O)OCC1O[C@@H](CCCCCCOc2cccc(-c3cn(CC4O[C@H](OCCCCC(=O)ONS)C(C)[C@@H](C)[C@H]4OC(C)=O)nn3)c2)C(C)[C@@H](C)[C@H]1OC(C)=O. The third-order valence-electron chi connectivity index (χ3n) is 11.1. The molecular weight excluding hydrogens is 773 g/mol. The van der Waals surface area contributed by atoms with E-state index in [1.54, 1.807) is 4.68 Å². The Hall–Kier alpha value is -3.77. The van der Waals surface area contributed by atoms with Gasteiger partial charge >= 0.3 is 23.9 Å². The lowest BCUT2D eigenvalue weighted by atomic mass is 9.79. The Kier molecular flexibility index (Phi) is 19.2. The minimum Gasteiger partial charge on any atom is -0.494 e. The van der Waals surface area contributed by atoms with Crippen LogP contribution in [0.4, 0.5) is 0 Å². The van der Waals surface area contributed by atoms with Gasteiger partial charge in [0.05, 0.1) is 25.5 Å². The Labute approximate surface area is 347 Å². The first-order valence-electron chi connectivity index (χ1n) is 20.4. The Balaban J connectivity index is 1.24. The predicted octanol–water partition coefficient (Wildman–Crippen LogP) is 5.82. The van der Waals surface area contributed by atoms with Crippen molar-refractivity contribution < 1.29 is 57.2 Å². The molecule has 17 heteroatoms. The number of benzene rings is 1. The molecule has 0 saturated carbocycles. The summed E-state index contributed by atoms with van der Waals surface area (Å²) in [6, 6.07) is 7.72. The number of unbranched alkanes of at least 4 members (excludes halogenated alkanes) is 4. The molecule has 16 nitrogen and oxygen atoms in total. The third-order valence-corrected chi connectivity index (χ3v) is 11.2. The molecule has 1 N–H and O–H groups in total. The zero-order valence-electron chi connectivity index (χ0n) is 34.8. The number of rotatable bonds is 22. The smallest absolute Gasteiger partial charge is 0.325 e. The highest BCUT2D eigenvalue weighted by atomic mass is 32.1. The fraction of sp³-hybridized carbons (Fsp3) is 0.707. The van der Waals surface area contributed by atoms with Crippen molar-refractivity contribution in [1.29, 1.82) is 0 Å². The standard InChI is InChI=1S/C41H62N4O12S/c1-25-26(2)40(54-31(7)48)37(24-52-29(5)46)55-35(25)17-10-8-9-12-19-50-33-16-14-15-32(21-33)34-22-45(43-42-34)23-36-39(53-30(6)47)27(3)28(4)41(56-36)51-20-13-11-18-38(49)57-44-58/h14-16,21-22,25-28,35-37,39-41,44,58H,8-13,17-20,23-24H2,1-7H3/t25?,26-,27-,28?,35+,36?,37?,39-,40-,41+/m1/s1. The molecule has 4 unspecified atom stereocenters. The molecule has 1 aromatic carbocycles. The molecule has 0 radical (unpaired) electrons. The molecule has 2 aromatic rings. The minimum atomic E-state index is -0.538. The number of nitrogens with zero attached hydrogens (tertiary/aromatic N) is 3. The number of thiol groups is 1. The van der Waals surface area contributed by atoms with Crippen LogP contribution in [0.2, 0.25) is 0 Å². The molecular formula is C41H62N4O12S. The number of hydrogen-bond acceptors (Lipinski definition) is 16. The highest BCUT2D eigenvalue weighted by Gasteiger charge is 2.45. The number of esters is 3. The van der Waals surface area contributed by atoms with Crippen LogP contribution < -0.4 is 9.62 Å². The minimum absolute atomic E-state index is 0.0224. The van der Waals surface area contributed by atoms with E-state index >= 15 is 0 Å². The molecule has 2 saturated heterocycles. The van der Waals surface area contributed by atoms with Gasteiger partial charge in [0, 0.05) is 57.1 Å². The van der Waals surface area contributed by atoms with Crippen molar-refractivity contribution in [2.75, 3.05) is 19.8 Å². The average Bonchev–Trinajstić information content (AvgIpc) is 3.65. The van der Waals surface area contributed by atoms with Gasteiger partial charge in [0.2, 0.25) is 0 Å². The maximum atomic E-state index is 12.1. The van der Waals surface area contributed by atoms with Crippen molar-refractivity contribution >= 4 is 36.7 Å². The number of ether oxygens (including phenoxy) is 7. The summed E-state index contributed by atoms with van der Waals surface area (Å²) in [5, 5.41) is 8.77. The van der Waals surface area contributed by atoms with Crippen LogP contribution in [-0.2, 0) is 59.0 Å². The van der Waals surface area contributed by atoms with E-state index in [1.165, 1.54) is 20.8 Å². The maximum Gasteiger partial charge on any atom is 0.325 e.